The summed E-state index contributed by atoms with van der Waals surface area (Å²) in [6.07, 6.45) is 1.75. The SMILES string of the molecule is Cc1cc(C)c(-c2c(C)nn3c(C)coc23)c(C)c1. The third-order valence-electron chi connectivity index (χ3n) is 3.62. The zero-order valence-electron chi connectivity index (χ0n) is 12.0. The number of aryl methyl sites for hydroxylation is 5. The van der Waals surface area contributed by atoms with E-state index in [2.05, 4.69) is 38.0 Å². The van der Waals surface area contributed by atoms with Crippen molar-refractivity contribution in [2.75, 3.05) is 0 Å². The van der Waals surface area contributed by atoms with Gasteiger partial charge in [0.05, 0.1) is 17.0 Å². The molecular weight excluding hydrogens is 236 g/mol. The number of rotatable bonds is 1. The van der Waals surface area contributed by atoms with Gasteiger partial charge in [-0.2, -0.15) is 5.10 Å². The summed E-state index contributed by atoms with van der Waals surface area (Å²) < 4.78 is 7.57. The quantitative estimate of drug-likeness (QED) is 0.653. The molecule has 0 aliphatic heterocycles. The molecule has 0 spiro atoms. The van der Waals surface area contributed by atoms with Crippen molar-refractivity contribution in [3.8, 4) is 11.1 Å². The van der Waals surface area contributed by atoms with Gasteiger partial charge in [0.25, 0.3) is 0 Å². The summed E-state index contributed by atoms with van der Waals surface area (Å²) >= 11 is 0. The Balaban J connectivity index is 2.39. The molecule has 2 heterocycles. The molecule has 0 bridgehead atoms. The minimum Gasteiger partial charge on any atom is -0.444 e. The van der Waals surface area contributed by atoms with Crippen molar-refractivity contribution in [2.45, 2.75) is 34.6 Å². The Morgan fingerprint density at radius 3 is 2.21 bits per heavy atom. The molecule has 98 valence electrons. The van der Waals surface area contributed by atoms with Crippen molar-refractivity contribution < 1.29 is 4.42 Å². The van der Waals surface area contributed by atoms with Gasteiger partial charge in [-0.05, 0) is 51.3 Å². The van der Waals surface area contributed by atoms with E-state index in [4.69, 9.17) is 4.42 Å². The minimum atomic E-state index is 0.838. The highest BCUT2D eigenvalue weighted by atomic mass is 16.3. The average molecular weight is 254 g/mol. The number of fused-ring (bicyclic) bond motifs is 1. The number of hydrogen-bond acceptors (Lipinski definition) is 2. The maximum absolute atomic E-state index is 5.70. The fraction of sp³-hybridized carbons (Fsp3) is 0.312. The van der Waals surface area contributed by atoms with Gasteiger partial charge in [-0.15, -0.1) is 0 Å². The van der Waals surface area contributed by atoms with Crippen molar-refractivity contribution in [3.05, 3.63) is 46.5 Å². The third kappa shape index (κ3) is 1.69. The molecule has 3 heteroatoms. The van der Waals surface area contributed by atoms with Crippen LogP contribution in [-0.2, 0) is 0 Å². The van der Waals surface area contributed by atoms with Crippen LogP contribution in [0.2, 0.25) is 0 Å². The molecule has 0 N–H and O–H groups in total. The predicted octanol–water partition coefficient (Wildman–Crippen LogP) is 4.14. The number of nitrogens with zero attached hydrogens (tertiary/aromatic N) is 2. The molecule has 0 saturated carbocycles. The van der Waals surface area contributed by atoms with Crippen LogP contribution in [0.1, 0.15) is 28.1 Å². The first kappa shape index (κ1) is 12.0. The lowest BCUT2D eigenvalue weighted by Crippen LogP contribution is -1.91. The average Bonchev–Trinajstić information content (AvgIpc) is 2.80. The van der Waals surface area contributed by atoms with E-state index < -0.39 is 0 Å². The van der Waals surface area contributed by atoms with Crippen LogP contribution < -0.4 is 0 Å². The summed E-state index contributed by atoms with van der Waals surface area (Å²) in [6.45, 7) is 10.5. The first-order chi connectivity index (χ1) is 8.99. The molecular formula is C16H18N2O. The molecule has 0 unspecified atom stereocenters. The standard InChI is InChI=1S/C16H18N2O/c1-9-6-10(2)14(11(3)7-9)15-13(5)17-18-12(4)8-19-16(15)18/h6-8H,1-5H3. The Bertz CT molecular complexity index is 754. The summed E-state index contributed by atoms with van der Waals surface area (Å²) in [5, 5.41) is 4.58. The Labute approximate surface area is 112 Å². The first-order valence-electron chi connectivity index (χ1n) is 6.50. The van der Waals surface area contributed by atoms with Crippen molar-refractivity contribution in [2.24, 2.45) is 0 Å². The summed E-state index contributed by atoms with van der Waals surface area (Å²) in [7, 11) is 0. The molecule has 3 nitrogen and oxygen atoms in total. The van der Waals surface area contributed by atoms with Crippen molar-refractivity contribution >= 4 is 5.71 Å². The van der Waals surface area contributed by atoms with Crippen LogP contribution in [-0.4, -0.2) is 9.61 Å². The van der Waals surface area contributed by atoms with Gasteiger partial charge in [-0.1, -0.05) is 17.7 Å². The summed E-state index contributed by atoms with van der Waals surface area (Å²) in [4.78, 5) is 0. The highest BCUT2D eigenvalue weighted by Crippen LogP contribution is 2.34. The maximum atomic E-state index is 5.70. The molecule has 19 heavy (non-hydrogen) atoms. The number of aromatic nitrogens is 2. The predicted molar refractivity (Wildman–Crippen MR) is 76.6 cm³/mol. The molecule has 0 aliphatic rings. The molecule has 3 rings (SSSR count). The third-order valence-corrected chi connectivity index (χ3v) is 3.62. The fourth-order valence-electron chi connectivity index (χ4n) is 2.91. The highest BCUT2D eigenvalue weighted by Gasteiger charge is 2.19. The largest absolute Gasteiger partial charge is 0.444 e. The molecule has 0 saturated heterocycles. The van der Waals surface area contributed by atoms with Crippen LogP contribution in [0.5, 0.6) is 0 Å². The number of benzene rings is 1. The maximum Gasteiger partial charge on any atom is 0.229 e. The van der Waals surface area contributed by atoms with Crippen LogP contribution in [0, 0.1) is 34.6 Å². The molecule has 0 radical (unpaired) electrons. The zero-order chi connectivity index (χ0) is 13.7. The van der Waals surface area contributed by atoms with Crippen LogP contribution in [0.4, 0.5) is 0 Å². The first-order valence-corrected chi connectivity index (χ1v) is 6.50. The van der Waals surface area contributed by atoms with E-state index in [-0.39, 0.29) is 0 Å². The Hall–Kier alpha value is -2.03. The number of oxazole rings is 1. The lowest BCUT2D eigenvalue weighted by atomic mass is 9.94. The molecule has 1 aromatic carbocycles. The van der Waals surface area contributed by atoms with Gasteiger partial charge >= 0.3 is 0 Å². The van der Waals surface area contributed by atoms with Crippen molar-refractivity contribution in [1.82, 2.24) is 9.61 Å². The second-order valence-electron chi connectivity index (χ2n) is 5.33. The van der Waals surface area contributed by atoms with E-state index in [1.54, 1.807) is 6.26 Å². The Morgan fingerprint density at radius 2 is 1.58 bits per heavy atom. The van der Waals surface area contributed by atoms with Gasteiger partial charge in [0.1, 0.15) is 6.26 Å². The molecule has 0 atom stereocenters. The van der Waals surface area contributed by atoms with Gasteiger partial charge in [0.2, 0.25) is 5.71 Å². The minimum absolute atomic E-state index is 0.838. The molecule has 0 fully saturated rings. The van der Waals surface area contributed by atoms with Crippen LogP contribution >= 0.6 is 0 Å². The smallest absolute Gasteiger partial charge is 0.229 e. The summed E-state index contributed by atoms with van der Waals surface area (Å²) in [6, 6.07) is 4.42. The Morgan fingerprint density at radius 1 is 0.947 bits per heavy atom. The lowest BCUT2D eigenvalue weighted by molar-refractivity contribution is 0.606. The second kappa shape index (κ2) is 3.98. The topological polar surface area (TPSA) is 30.4 Å². The van der Waals surface area contributed by atoms with Gasteiger partial charge in [0.15, 0.2) is 0 Å². The van der Waals surface area contributed by atoms with E-state index >= 15 is 0 Å². The van der Waals surface area contributed by atoms with E-state index in [9.17, 15) is 0 Å². The van der Waals surface area contributed by atoms with Crippen molar-refractivity contribution in [3.63, 3.8) is 0 Å². The van der Waals surface area contributed by atoms with Crippen LogP contribution in [0.3, 0.4) is 0 Å². The van der Waals surface area contributed by atoms with Gasteiger partial charge < -0.3 is 4.42 Å². The van der Waals surface area contributed by atoms with Crippen LogP contribution in [0.25, 0.3) is 16.8 Å². The monoisotopic (exact) mass is 254 g/mol. The summed E-state index contributed by atoms with van der Waals surface area (Å²) in [5.74, 6) is 0. The number of hydrogen-bond donors (Lipinski definition) is 0. The second-order valence-corrected chi connectivity index (χ2v) is 5.33. The van der Waals surface area contributed by atoms with Crippen LogP contribution in [0.15, 0.2) is 22.8 Å². The van der Waals surface area contributed by atoms with E-state index in [0.29, 0.717) is 0 Å². The fourth-order valence-corrected chi connectivity index (χ4v) is 2.91. The highest BCUT2D eigenvalue weighted by molar-refractivity contribution is 5.83. The molecule has 0 aliphatic carbocycles. The van der Waals surface area contributed by atoms with E-state index in [0.717, 1.165) is 22.7 Å². The van der Waals surface area contributed by atoms with Gasteiger partial charge in [-0.25, -0.2) is 4.52 Å². The summed E-state index contributed by atoms with van der Waals surface area (Å²) in [5.41, 5.74) is 9.05. The van der Waals surface area contributed by atoms with Gasteiger partial charge in [0, 0.05) is 0 Å². The molecule has 0 amide bonds. The Kier molecular flexibility index (Phi) is 2.52. The van der Waals surface area contributed by atoms with E-state index in [1.165, 1.54) is 22.3 Å². The zero-order valence-corrected chi connectivity index (χ0v) is 12.0. The van der Waals surface area contributed by atoms with E-state index in [1.807, 2.05) is 18.4 Å². The molecule has 2 aromatic heterocycles. The normalized spacial score (nSPS) is 11.4. The lowest BCUT2D eigenvalue weighted by Gasteiger charge is -2.10. The molecule has 3 aromatic rings. The van der Waals surface area contributed by atoms with Crippen molar-refractivity contribution in [1.29, 1.82) is 0 Å². The van der Waals surface area contributed by atoms with Gasteiger partial charge in [-0.3, -0.25) is 0 Å².